The third kappa shape index (κ3) is 2.31. The summed E-state index contributed by atoms with van der Waals surface area (Å²) in [5.41, 5.74) is 2.35. The molecule has 0 aliphatic carbocycles. The van der Waals surface area contributed by atoms with Crippen LogP contribution in [0.15, 0.2) is 54.4 Å². The summed E-state index contributed by atoms with van der Waals surface area (Å²) in [6, 6.07) is 10.3. The van der Waals surface area contributed by atoms with Crippen LogP contribution in [0.5, 0.6) is 0 Å². The zero-order valence-electron chi connectivity index (χ0n) is 10.4. The first kappa shape index (κ1) is 13.2. The van der Waals surface area contributed by atoms with Gasteiger partial charge in [0.1, 0.15) is 12.6 Å². The Hall–Kier alpha value is -1.25. The molecule has 0 N–H and O–H groups in total. The summed E-state index contributed by atoms with van der Waals surface area (Å²) in [4.78, 5) is 0. The first-order chi connectivity index (χ1) is 8.73. The van der Waals surface area contributed by atoms with E-state index in [2.05, 4.69) is 18.7 Å². The molecule has 0 saturated carbocycles. The Balaban J connectivity index is 2.34. The topological polar surface area (TPSA) is 23.1 Å². The van der Waals surface area contributed by atoms with Crippen molar-refractivity contribution in [2.75, 3.05) is 6.54 Å². The molecule has 2 atom stereocenters. The number of halogens is 1. The van der Waals surface area contributed by atoms with Crippen molar-refractivity contribution in [2.45, 2.75) is 25.4 Å². The monoisotopic (exact) mass is 263 g/mol. The Morgan fingerprint density at radius 3 is 2.78 bits per heavy atom. The van der Waals surface area contributed by atoms with Gasteiger partial charge in [0.25, 0.3) is 0 Å². The van der Waals surface area contributed by atoms with Crippen LogP contribution < -0.4 is 5.11 Å². The molecule has 0 aromatic heterocycles. The van der Waals surface area contributed by atoms with Gasteiger partial charge >= 0.3 is 0 Å². The third-order valence-electron chi connectivity index (χ3n) is 3.80. The summed E-state index contributed by atoms with van der Waals surface area (Å²) in [7, 11) is 0. The van der Waals surface area contributed by atoms with Crippen molar-refractivity contribution in [3.63, 3.8) is 0 Å². The van der Waals surface area contributed by atoms with Gasteiger partial charge in [-0.05, 0) is 6.08 Å². The number of quaternary nitrogens is 1. The van der Waals surface area contributed by atoms with Gasteiger partial charge < -0.3 is 5.11 Å². The smallest absolute Gasteiger partial charge is 0.112 e. The Bertz CT molecular complexity index is 443. The minimum Gasteiger partial charge on any atom is -0.830 e. The van der Waals surface area contributed by atoms with Crippen molar-refractivity contribution in [1.29, 1.82) is 0 Å². The molecular weight excluding hydrogens is 246 g/mol. The summed E-state index contributed by atoms with van der Waals surface area (Å²) >= 11 is 5.69. The fourth-order valence-corrected chi connectivity index (χ4v) is 3.06. The number of nitrogens with zero attached hydrogens (tertiary/aromatic N) is 1. The van der Waals surface area contributed by atoms with Crippen LogP contribution in [0.1, 0.15) is 18.4 Å². The van der Waals surface area contributed by atoms with Crippen LogP contribution in [0.4, 0.5) is 0 Å². The molecule has 1 aromatic rings. The second kappa shape index (κ2) is 5.59. The SMILES string of the molecule is C=C[C@@H]1CCC[N+]1(Cc1ccccc1)/C([O-])=C/Cl. The van der Waals surface area contributed by atoms with E-state index in [1.165, 1.54) is 5.54 Å². The molecule has 1 aliphatic heterocycles. The zero-order chi connectivity index (χ0) is 13.0. The summed E-state index contributed by atoms with van der Waals surface area (Å²) < 4.78 is 0.386. The van der Waals surface area contributed by atoms with Crippen molar-refractivity contribution in [1.82, 2.24) is 0 Å². The molecule has 0 bridgehead atoms. The Morgan fingerprint density at radius 2 is 2.17 bits per heavy atom. The van der Waals surface area contributed by atoms with Gasteiger partial charge in [0.05, 0.1) is 18.0 Å². The van der Waals surface area contributed by atoms with Crippen molar-refractivity contribution in [3.8, 4) is 0 Å². The maximum Gasteiger partial charge on any atom is 0.112 e. The number of rotatable bonds is 4. The first-order valence-electron chi connectivity index (χ1n) is 6.24. The molecule has 1 aromatic carbocycles. The Morgan fingerprint density at radius 1 is 1.44 bits per heavy atom. The maximum absolute atomic E-state index is 12.2. The molecule has 2 nitrogen and oxygen atoms in total. The molecule has 96 valence electrons. The molecule has 1 saturated heterocycles. The summed E-state index contributed by atoms with van der Waals surface area (Å²) in [6.45, 7) is 5.41. The molecule has 1 fully saturated rings. The molecule has 2 rings (SSSR count). The van der Waals surface area contributed by atoms with E-state index in [9.17, 15) is 5.11 Å². The highest BCUT2D eigenvalue weighted by Gasteiger charge is 2.40. The molecule has 3 heteroatoms. The minimum atomic E-state index is -0.0112. The van der Waals surface area contributed by atoms with Crippen molar-refractivity contribution in [2.24, 2.45) is 0 Å². The summed E-state index contributed by atoms with van der Waals surface area (Å²) in [5, 5.41) is 12.2. The van der Waals surface area contributed by atoms with Gasteiger partial charge in [0, 0.05) is 18.4 Å². The van der Waals surface area contributed by atoms with Gasteiger partial charge in [0.2, 0.25) is 0 Å². The van der Waals surface area contributed by atoms with E-state index in [0.29, 0.717) is 11.0 Å². The fourth-order valence-electron chi connectivity index (χ4n) is 2.87. The molecule has 1 heterocycles. The van der Waals surface area contributed by atoms with E-state index in [4.69, 9.17) is 11.6 Å². The zero-order valence-corrected chi connectivity index (χ0v) is 11.1. The van der Waals surface area contributed by atoms with Crippen LogP contribution in [0.3, 0.4) is 0 Å². The van der Waals surface area contributed by atoms with Crippen LogP contribution >= 0.6 is 11.6 Å². The lowest BCUT2D eigenvalue weighted by Crippen LogP contribution is -2.52. The van der Waals surface area contributed by atoms with E-state index in [1.807, 2.05) is 24.3 Å². The number of benzene rings is 1. The standard InChI is InChI=1S/C15H18ClNO/c1-2-14-9-6-10-17(14,15(18)11-16)12-13-7-4-3-5-8-13/h2-5,7-8,11,14H,1,6,9-10,12H2/b15-11-/t14-,17?/m1/s1. The summed E-state index contributed by atoms with van der Waals surface area (Å²) in [5.74, 6) is -0.0112. The predicted molar refractivity (Wildman–Crippen MR) is 72.4 cm³/mol. The van der Waals surface area contributed by atoms with Gasteiger partial charge in [-0.25, -0.2) is 0 Å². The highest BCUT2D eigenvalue weighted by molar-refractivity contribution is 6.25. The van der Waals surface area contributed by atoms with E-state index < -0.39 is 0 Å². The summed E-state index contributed by atoms with van der Waals surface area (Å²) in [6.07, 6.45) is 3.95. The van der Waals surface area contributed by atoms with E-state index >= 15 is 0 Å². The van der Waals surface area contributed by atoms with Crippen LogP contribution in [0, 0.1) is 0 Å². The van der Waals surface area contributed by atoms with Gasteiger partial charge in [-0.1, -0.05) is 48.5 Å². The number of likely N-dealkylation sites (tertiary alicyclic amines) is 1. The average molecular weight is 264 g/mol. The number of hydrogen-bond acceptors (Lipinski definition) is 1. The van der Waals surface area contributed by atoms with Crippen molar-refractivity contribution >= 4 is 11.6 Å². The molecule has 0 radical (unpaired) electrons. The molecular formula is C15H18ClNO. The fraction of sp³-hybridized carbons (Fsp3) is 0.333. The maximum atomic E-state index is 12.2. The second-order valence-electron chi connectivity index (χ2n) is 4.79. The van der Waals surface area contributed by atoms with Crippen LogP contribution in [-0.4, -0.2) is 17.1 Å². The van der Waals surface area contributed by atoms with Gasteiger partial charge in [-0.3, -0.25) is 4.48 Å². The molecule has 0 amide bonds. The van der Waals surface area contributed by atoms with Gasteiger partial charge in [-0.15, -0.1) is 0 Å². The minimum absolute atomic E-state index is 0.0112. The predicted octanol–water partition coefficient (Wildman–Crippen LogP) is 2.75. The van der Waals surface area contributed by atoms with E-state index in [0.717, 1.165) is 24.9 Å². The second-order valence-corrected chi connectivity index (χ2v) is 5.01. The Kier molecular flexibility index (Phi) is 4.10. The molecule has 1 aliphatic rings. The highest BCUT2D eigenvalue weighted by atomic mass is 35.5. The van der Waals surface area contributed by atoms with E-state index in [-0.39, 0.29) is 11.9 Å². The molecule has 1 unspecified atom stereocenters. The van der Waals surface area contributed by atoms with Crippen LogP contribution in [-0.2, 0) is 6.54 Å². The largest absolute Gasteiger partial charge is 0.830 e. The van der Waals surface area contributed by atoms with E-state index in [1.54, 1.807) is 0 Å². The lowest BCUT2D eigenvalue weighted by atomic mass is 10.1. The lowest BCUT2D eigenvalue weighted by molar-refractivity contribution is -0.951. The first-order valence-corrected chi connectivity index (χ1v) is 6.68. The average Bonchev–Trinajstić information content (AvgIpc) is 2.83. The molecule has 0 spiro atoms. The lowest BCUT2D eigenvalue weighted by Gasteiger charge is -2.42. The van der Waals surface area contributed by atoms with Crippen LogP contribution in [0.25, 0.3) is 0 Å². The van der Waals surface area contributed by atoms with Crippen LogP contribution in [0.2, 0.25) is 0 Å². The van der Waals surface area contributed by atoms with Crippen molar-refractivity contribution in [3.05, 3.63) is 60.0 Å². The highest BCUT2D eigenvalue weighted by Crippen LogP contribution is 2.34. The normalized spacial score (nSPS) is 28.3. The quantitative estimate of drug-likeness (QED) is 0.465. The third-order valence-corrected chi connectivity index (χ3v) is 3.99. The molecule has 18 heavy (non-hydrogen) atoms. The van der Waals surface area contributed by atoms with Gasteiger partial charge in [0.15, 0.2) is 0 Å². The Labute approximate surface area is 113 Å². The van der Waals surface area contributed by atoms with Crippen molar-refractivity contribution < 1.29 is 9.59 Å². The van der Waals surface area contributed by atoms with Gasteiger partial charge in [-0.2, -0.15) is 0 Å². The number of hydrogen-bond donors (Lipinski definition) is 0.